The van der Waals surface area contributed by atoms with Crippen LogP contribution in [0, 0.1) is 17.8 Å². The van der Waals surface area contributed by atoms with E-state index in [4.69, 9.17) is 0 Å². The lowest BCUT2D eigenvalue weighted by molar-refractivity contribution is 0.319. The van der Waals surface area contributed by atoms with Crippen LogP contribution in [0.4, 0.5) is 0 Å². The van der Waals surface area contributed by atoms with E-state index in [0.29, 0.717) is 5.92 Å². The molecule has 0 saturated carbocycles. The van der Waals surface area contributed by atoms with E-state index in [1.165, 1.54) is 19.3 Å². The number of nitrogens with one attached hydrogen (secondary N) is 1. The van der Waals surface area contributed by atoms with Crippen LogP contribution in [-0.4, -0.2) is 58.6 Å². The minimum absolute atomic E-state index is 0. The van der Waals surface area contributed by atoms with Crippen molar-refractivity contribution in [1.82, 2.24) is 25.0 Å². The summed E-state index contributed by atoms with van der Waals surface area (Å²) in [6.45, 7) is 13.3. The minimum Gasteiger partial charge on any atom is -0.356 e. The van der Waals surface area contributed by atoms with Crippen LogP contribution in [0.3, 0.4) is 0 Å². The second-order valence-electron chi connectivity index (χ2n) is 8.26. The number of guanidine groups is 1. The third-order valence-corrected chi connectivity index (χ3v) is 6.50. The molecule has 29 heavy (non-hydrogen) atoms. The van der Waals surface area contributed by atoms with E-state index in [0.717, 1.165) is 67.8 Å². The van der Waals surface area contributed by atoms with Crippen LogP contribution in [0.5, 0.6) is 0 Å². The second kappa shape index (κ2) is 13.7. The Morgan fingerprint density at radius 2 is 2.00 bits per heavy atom. The van der Waals surface area contributed by atoms with Gasteiger partial charge in [-0.15, -0.1) is 34.2 Å². The number of rotatable bonds is 10. The standard InChI is InChI=1S/C21H40N6S.HI/c1-7-17(8-2)18-11-13-26(15-18)20(22-5)23-12-9-10-19-24-25-21(28-6)27(19)14-16(3)4;/h16-18H,7-15H2,1-6H3,(H,22,23);1H. The number of aryl methyl sites for hydroxylation is 1. The first-order valence-electron chi connectivity index (χ1n) is 11.0. The first-order chi connectivity index (χ1) is 13.5. The van der Waals surface area contributed by atoms with Crippen LogP contribution in [0.15, 0.2) is 10.1 Å². The third-order valence-electron chi connectivity index (χ3n) is 5.84. The lowest BCUT2D eigenvalue weighted by Crippen LogP contribution is -2.40. The van der Waals surface area contributed by atoms with Gasteiger partial charge in [-0.2, -0.15) is 0 Å². The van der Waals surface area contributed by atoms with Gasteiger partial charge in [-0.05, 0) is 36.9 Å². The zero-order valence-corrected chi connectivity index (χ0v) is 22.3. The Balaban J connectivity index is 0.00000420. The van der Waals surface area contributed by atoms with Crippen LogP contribution in [-0.2, 0) is 13.0 Å². The van der Waals surface area contributed by atoms with Gasteiger partial charge < -0.3 is 14.8 Å². The molecule has 168 valence electrons. The Morgan fingerprint density at radius 3 is 2.59 bits per heavy atom. The molecule has 0 aliphatic carbocycles. The van der Waals surface area contributed by atoms with Crippen molar-refractivity contribution >= 4 is 41.7 Å². The second-order valence-corrected chi connectivity index (χ2v) is 9.03. The van der Waals surface area contributed by atoms with Gasteiger partial charge in [-0.25, -0.2) is 0 Å². The quantitative estimate of drug-likeness (QED) is 0.157. The van der Waals surface area contributed by atoms with E-state index in [-0.39, 0.29) is 24.0 Å². The molecule has 2 heterocycles. The van der Waals surface area contributed by atoms with Gasteiger partial charge in [0.1, 0.15) is 5.82 Å². The van der Waals surface area contributed by atoms with Gasteiger partial charge in [-0.3, -0.25) is 4.99 Å². The molecular formula is C21H41IN6S. The van der Waals surface area contributed by atoms with E-state index in [1.807, 2.05) is 7.05 Å². The number of halogens is 1. The molecule has 1 aliphatic rings. The molecular weight excluding hydrogens is 495 g/mol. The van der Waals surface area contributed by atoms with E-state index in [1.54, 1.807) is 11.8 Å². The predicted molar refractivity (Wildman–Crippen MR) is 135 cm³/mol. The van der Waals surface area contributed by atoms with E-state index < -0.39 is 0 Å². The van der Waals surface area contributed by atoms with Crippen LogP contribution in [0.2, 0.25) is 0 Å². The summed E-state index contributed by atoms with van der Waals surface area (Å²) in [4.78, 5) is 6.97. The molecule has 0 bridgehead atoms. The van der Waals surface area contributed by atoms with Gasteiger partial charge in [-0.1, -0.05) is 52.3 Å². The number of hydrogen-bond donors (Lipinski definition) is 1. The van der Waals surface area contributed by atoms with Crippen LogP contribution in [0.25, 0.3) is 0 Å². The zero-order chi connectivity index (χ0) is 20.5. The van der Waals surface area contributed by atoms with E-state index in [2.05, 4.69) is 63.9 Å². The first-order valence-corrected chi connectivity index (χ1v) is 12.2. The van der Waals surface area contributed by atoms with Gasteiger partial charge in [0.25, 0.3) is 0 Å². The van der Waals surface area contributed by atoms with Gasteiger partial charge >= 0.3 is 0 Å². The molecule has 2 rings (SSSR count). The summed E-state index contributed by atoms with van der Waals surface area (Å²) in [7, 11) is 1.90. The molecule has 0 aromatic carbocycles. The summed E-state index contributed by atoms with van der Waals surface area (Å²) < 4.78 is 2.28. The van der Waals surface area contributed by atoms with Crippen molar-refractivity contribution in [2.24, 2.45) is 22.7 Å². The SMILES string of the molecule is CCC(CC)C1CCN(C(=NC)NCCCc2nnc(SC)n2CC(C)C)C1.I. The average Bonchev–Trinajstić information content (AvgIpc) is 3.30. The smallest absolute Gasteiger partial charge is 0.193 e. The van der Waals surface area contributed by atoms with Crippen LogP contribution < -0.4 is 5.32 Å². The Kier molecular flexibility index (Phi) is 12.6. The number of likely N-dealkylation sites (tertiary alicyclic amines) is 1. The molecule has 8 heteroatoms. The molecule has 0 amide bonds. The molecule has 6 nitrogen and oxygen atoms in total. The fourth-order valence-electron chi connectivity index (χ4n) is 4.30. The number of aromatic nitrogens is 3. The molecule has 1 aromatic rings. The Bertz CT molecular complexity index is 614. The highest BCUT2D eigenvalue weighted by molar-refractivity contribution is 14.0. The summed E-state index contributed by atoms with van der Waals surface area (Å²) in [5, 5.41) is 13.4. The molecule has 1 atom stereocenters. The highest BCUT2D eigenvalue weighted by atomic mass is 127. The van der Waals surface area contributed by atoms with Crippen molar-refractivity contribution in [3.05, 3.63) is 5.82 Å². The lowest BCUT2D eigenvalue weighted by Gasteiger charge is -2.24. The topological polar surface area (TPSA) is 58.3 Å². The van der Waals surface area contributed by atoms with Crippen molar-refractivity contribution < 1.29 is 0 Å². The number of hydrogen-bond acceptors (Lipinski definition) is 4. The van der Waals surface area contributed by atoms with E-state index in [9.17, 15) is 0 Å². The lowest BCUT2D eigenvalue weighted by atomic mass is 9.87. The highest BCUT2D eigenvalue weighted by Crippen LogP contribution is 2.28. The molecule has 1 unspecified atom stereocenters. The number of aliphatic imine (C=N–C) groups is 1. The van der Waals surface area contributed by atoms with Crippen LogP contribution >= 0.6 is 35.7 Å². The zero-order valence-electron chi connectivity index (χ0n) is 19.1. The molecule has 1 fully saturated rings. The van der Waals surface area contributed by atoms with Gasteiger partial charge in [0, 0.05) is 39.6 Å². The van der Waals surface area contributed by atoms with Crippen molar-refractivity contribution in [3.8, 4) is 0 Å². The normalized spacial score (nSPS) is 17.3. The number of nitrogens with zero attached hydrogens (tertiary/aromatic N) is 5. The summed E-state index contributed by atoms with van der Waals surface area (Å²) in [5.74, 6) is 4.41. The first kappa shape index (κ1) is 26.5. The Labute approximate surface area is 199 Å². The minimum atomic E-state index is 0. The van der Waals surface area contributed by atoms with Crippen molar-refractivity contribution in [2.75, 3.05) is 32.9 Å². The van der Waals surface area contributed by atoms with Crippen molar-refractivity contribution in [3.63, 3.8) is 0 Å². The fourth-order valence-corrected chi connectivity index (χ4v) is 4.82. The van der Waals surface area contributed by atoms with E-state index >= 15 is 0 Å². The molecule has 1 N–H and O–H groups in total. The summed E-state index contributed by atoms with van der Waals surface area (Å²) in [6, 6.07) is 0. The summed E-state index contributed by atoms with van der Waals surface area (Å²) in [6.07, 6.45) is 7.92. The average molecular weight is 537 g/mol. The maximum Gasteiger partial charge on any atom is 0.193 e. The monoisotopic (exact) mass is 536 g/mol. The molecule has 0 spiro atoms. The molecule has 1 saturated heterocycles. The Morgan fingerprint density at radius 1 is 1.28 bits per heavy atom. The molecule has 1 aromatic heterocycles. The van der Waals surface area contributed by atoms with Gasteiger partial charge in [0.05, 0.1) is 0 Å². The van der Waals surface area contributed by atoms with Gasteiger partial charge in [0.2, 0.25) is 0 Å². The van der Waals surface area contributed by atoms with Crippen LogP contribution in [0.1, 0.15) is 59.2 Å². The summed E-state index contributed by atoms with van der Waals surface area (Å²) >= 11 is 1.68. The maximum atomic E-state index is 4.53. The maximum absolute atomic E-state index is 4.53. The fraction of sp³-hybridized carbons (Fsp3) is 0.857. The molecule has 0 radical (unpaired) electrons. The third kappa shape index (κ3) is 7.60. The number of thioether (sulfide) groups is 1. The summed E-state index contributed by atoms with van der Waals surface area (Å²) in [5.41, 5.74) is 0. The van der Waals surface area contributed by atoms with Crippen molar-refractivity contribution in [1.29, 1.82) is 0 Å². The van der Waals surface area contributed by atoms with Crippen molar-refractivity contribution in [2.45, 2.75) is 71.5 Å². The molecule has 1 aliphatic heterocycles. The Hall–Kier alpha value is -0.510. The van der Waals surface area contributed by atoms with Gasteiger partial charge in [0.15, 0.2) is 11.1 Å². The predicted octanol–water partition coefficient (Wildman–Crippen LogP) is 4.54. The highest BCUT2D eigenvalue weighted by Gasteiger charge is 2.29. The largest absolute Gasteiger partial charge is 0.356 e.